The Bertz CT molecular complexity index is 1300. The molecular formula is C22H19F7N6O3. The number of rotatable bonds is 9. The minimum Gasteiger partial charge on any atom is -0.473 e. The van der Waals surface area contributed by atoms with Crippen molar-refractivity contribution in [2.24, 2.45) is 5.41 Å². The molecule has 0 spiro atoms. The normalized spacial score (nSPS) is 25.2. The first-order valence-electron chi connectivity index (χ1n) is 11.2. The number of aliphatic hydroxyl groups excluding tert-OH is 1. The second-order valence-corrected chi connectivity index (χ2v) is 9.77. The van der Waals surface area contributed by atoms with Crippen molar-refractivity contribution in [2.75, 3.05) is 6.61 Å². The molecule has 204 valence electrons. The summed E-state index contributed by atoms with van der Waals surface area (Å²) in [6.45, 7) is -2.02. The maximum atomic E-state index is 16.2. The molecular weight excluding hydrogens is 529 g/mol. The van der Waals surface area contributed by atoms with Crippen LogP contribution < -0.4 is 4.74 Å². The largest absolute Gasteiger partial charge is 0.473 e. The number of nitrogens with zero attached hydrogens (tertiary/aromatic N) is 6. The Hall–Kier alpha value is -3.40. The molecule has 3 aliphatic carbocycles. The van der Waals surface area contributed by atoms with Gasteiger partial charge < -0.3 is 14.9 Å². The van der Waals surface area contributed by atoms with Crippen LogP contribution >= 0.6 is 0 Å². The van der Waals surface area contributed by atoms with E-state index in [1.165, 1.54) is 6.20 Å². The van der Waals surface area contributed by atoms with Crippen LogP contribution in [0.5, 0.6) is 5.88 Å². The highest BCUT2D eigenvalue weighted by Crippen LogP contribution is 2.80. The van der Waals surface area contributed by atoms with Crippen molar-refractivity contribution in [3.8, 4) is 5.88 Å². The first-order valence-corrected chi connectivity index (χ1v) is 11.2. The Balaban J connectivity index is 1.35. The van der Waals surface area contributed by atoms with E-state index in [0.29, 0.717) is 6.07 Å². The first kappa shape index (κ1) is 26.2. The first-order chi connectivity index (χ1) is 17.7. The van der Waals surface area contributed by atoms with Gasteiger partial charge in [-0.3, -0.25) is 4.98 Å². The summed E-state index contributed by atoms with van der Waals surface area (Å²) in [6, 6.07) is 1.91. The third kappa shape index (κ3) is 3.97. The van der Waals surface area contributed by atoms with Crippen LogP contribution in [0.3, 0.4) is 0 Å². The fourth-order valence-corrected chi connectivity index (χ4v) is 5.42. The van der Waals surface area contributed by atoms with E-state index < -0.39 is 65.0 Å². The zero-order valence-electron chi connectivity index (χ0n) is 19.2. The van der Waals surface area contributed by atoms with E-state index in [-0.39, 0.29) is 30.8 Å². The van der Waals surface area contributed by atoms with Gasteiger partial charge >= 0.3 is 6.18 Å². The van der Waals surface area contributed by atoms with Gasteiger partial charge in [0.2, 0.25) is 5.88 Å². The SMILES string of the molecule is O[C@H](COc1cnc(C23CC(C(F)(F)[C@](O)(Cn4cnnn4)c4ccc(F)cc4F)(C2)C3)cn1)C(F)(F)F. The van der Waals surface area contributed by atoms with Gasteiger partial charge in [-0.2, -0.15) is 13.2 Å². The molecule has 0 amide bonds. The molecule has 2 heterocycles. The lowest BCUT2D eigenvalue weighted by atomic mass is 9.31. The van der Waals surface area contributed by atoms with Crippen molar-refractivity contribution < 1.29 is 45.7 Å². The van der Waals surface area contributed by atoms with Crippen molar-refractivity contribution in [3.05, 3.63) is 59.8 Å². The van der Waals surface area contributed by atoms with Crippen LogP contribution in [0.2, 0.25) is 0 Å². The molecule has 9 nitrogen and oxygen atoms in total. The highest BCUT2D eigenvalue weighted by atomic mass is 19.4. The molecule has 3 saturated carbocycles. The van der Waals surface area contributed by atoms with Crippen molar-refractivity contribution in [1.82, 2.24) is 30.2 Å². The van der Waals surface area contributed by atoms with Crippen LogP contribution in [-0.4, -0.2) is 65.2 Å². The molecule has 2 aromatic heterocycles. The van der Waals surface area contributed by atoms with Crippen LogP contribution in [0.25, 0.3) is 0 Å². The maximum absolute atomic E-state index is 16.2. The van der Waals surface area contributed by atoms with Crippen LogP contribution in [-0.2, 0) is 17.6 Å². The molecule has 2 N–H and O–H groups in total. The predicted molar refractivity (Wildman–Crippen MR) is 111 cm³/mol. The third-order valence-electron chi connectivity index (χ3n) is 7.31. The van der Waals surface area contributed by atoms with Crippen LogP contribution in [0.4, 0.5) is 30.7 Å². The van der Waals surface area contributed by atoms with Gasteiger partial charge in [-0.15, -0.1) is 5.10 Å². The maximum Gasteiger partial charge on any atom is 0.417 e. The molecule has 2 bridgehead atoms. The van der Waals surface area contributed by atoms with Crippen molar-refractivity contribution in [1.29, 1.82) is 0 Å². The Labute approximate surface area is 209 Å². The second kappa shape index (κ2) is 8.56. The standard InChI is InChI=1S/C22H19F7N6O3/c23-12-1-2-13(14(24)3-12)20(37,10-35-11-32-33-34-35)22(28,29)19-7-18(8-19,9-19)15-4-31-17(5-30-15)38-6-16(36)21(25,26)27/h1-5,11,16,36-37H,6-10H2/t16-,18?,19?,20+/m1/s1. The van der Waals surface area contributed by atoms with Crippen LogP contribution in [0.1, 0.15) is 30.5 Å². The smallest absolute Gasteiger partial charge is 0.417 e. The molecule has 0 radical (unpaired) electrons. The number of aromatic nitrogens is 6. The number of alkyl halides is 5. The topological polar surface area (TPSA) is 119 Å². The minimum absolute atomic E-state index is 0.157. The monoisotopic (exact) mass is 548 g/mol. The Morgan fingerprint density at radius 2 is 1.76 bits per heavy atom. The van der Waals surface area contributed by atoms with Crippen molar-refractivity contribution in [2.45, 2.75) is 55.0 Å². The number of ether oxygens (including phenoxy) is 1. The minimum atomic E-state index is -4.87. The van der Waals surface area contributed by atoms with Gasteiger partial charge in [-0.05, 0) is 41.8 Å². The highest BCUT2D eigenvalue weighted by Gasteiger charge is 2.82. The van der Waals surface area contributed by atoms with Gasteiger partial charge in [0.15, 0.2) is 11.7 Å². The van der Waals surface area contributed by atoms with Crippen LogP contribution in [0, 0.1) is 17.0 Å². The lowest BCUT2D eigenvalue weighted by molar-refractivity contribution is -0.348. The summed E-state index contributed by atoms with van der Waals surface area (Å²) in [5.74, 6) is -6.61. The molecule has 0 aliphatic heterocycles. The lowest BCUT2D eigenvalue weighted by Crippen LogP contribution is -2.76. The number of hydrogen-bond donors (Lipinski definition) is 2. The Morgan fingerprint density at radius 1 is 1.05 bits per heavy atom. The second-order valence-electron chi connectivity index (χ2n) is 9.77. The molecule has 3 fully saturated rings. The summed E-state index contributed by atoms with van der Waals surface area (Å²) >= 11 is 0. The number of hydrogen-bond acceptors (Lipinski definition) is 8. The summed E-state index contributed by atoms with van der Waals surface area (Å²) in [4.78, 5) is 7.92. The molecule has 6 rings (SSSR count). The summed E-state index contributed by atoms with van der Waals surface area (Å²) in [6.07, 6.45) is -4.89. The summed E-state index contributed by atoms with van der Waals surface area (Å²) in [5.41, 5.74) is -6.27. The number of tetrazole rings is 1. The molecule has 2 atom stereocenters. The number of benzene rings is 1. The highest BCUT2D eigenvalue weighted by molar-refractivity contribution is 5.40. The Kier molecular flexibility index (Phi) is 5.90. The number of halogens is 7. The van der Waals surface area contributed by atoms with E-state index in [9.17, 15) is 27.1 Å². The fourth-order valence-electron chi connectivity index (χ4n) is 5.42. The summed E-state index contributed by atoms with van der Waals surface area (Å²) < 4.78 is 103. The molecule has 3 aliphatic rings. The van der Waals surface area contributed by atoms with E-state index in [2.05, 4.69) is 25.5 Å². The molecule has 1 aromatic carbocycles. The zero-order valence-corrected chi connectivity index (χ0v) is 19.2. The summed E-state index contributed by atoms with van der Waals surface area (Å²) in [5, 5.41) is 30.5. The van der Waals surface area contributed by atoms with Gasteiger partial charge in [0.05, 0.1) is 24.6 Å². The summed E-state index contributed by atoms with van der Waals surface area (Å²) in [7, 11) is 0. The molecule has 3 aromatic rings. The van der Waals surface area contributed by atoms with E-state index >= 15 is 8.78 Å². The fraction of sp³-hybridized carbons (Fsp3) is 0.500. The van der Waals surface area contributed by atoms with Gasteiger partial charge in [-0.1, -0.05) is 0 Å². The van der Waals surface area contributed by atoms with E-state index in [0.717, 1.165) is 29.3 Å². The molecule has 0 unspecified atom stereocenters. The zero-order chi connectivity index (χ0) is 27.6. The predicted octanol–water partition coefficient (Wildman–Crippen LogP) is 2.69. The van der Waals surface area contributed by atoms with E-state index in [1.54, 1.807) is 0 Å². The van der Waals surface area contributed by atoms with E-state index in [4.69, 9.17) is 9.84 Å². The lowest BCUT2D eigenvalue weighted by Gasteiger charge is -2.73. The average Bonchev–Trinajstić information content (AvgIpc) is 3.28. The van der Waals surface area contributed by atoms with Crippen LogP contribution in [0.15, 0.2) is 36.9 Å². The van der Waals surface area contributed by atoms with E-state index in [1.807, 2.05) is 0 Å². The van der Waals surface area contributed by atoms with Gasteiger partial charge in [-0.25, -0.2) is 27.2 Å². The van der Waals surface area contributed by atoms with Gasteiger partial charge in [0.1, 0.15) is 24.6 Å². The number of aliphatic hydroxyl groups is 2. The Morgan fingerprint density at radius 3 is 2.32 bits per heavy atom. The van der Waals surface area contributed by atoms with Gasteiger partial charge in [0.25, 0.3) is 5.92 Å². The average molecular weight is 548 g/mol. The quantitative estimate of drug-likeness (QED) is 0.392. The molecule has 16 heteroatoms. The van der Waals surface area contributed by atoms with Crippen molar-refractivity contribution >= 4 is 0 Å². The van der Waals surface area contributed by atoms with Gasteiger partial charge in [0, 0.05) is 22.5 Å². The third-order valence-corrected chi connectivity index (χ3v) is 7.31. The van der Waals surface area contributed by atoms with Crippen molar-refractivity contribution in [3.63, 3.8) is 0 Å². The molecule has 38 heavy (non-hydrogen) atoms. The molecule has 0 saturated heterocycles.